The Bertz CT molecular complexity index is 948. The Labute approximate surface area is 162 Å². The van der Waals surface area contributed by atoms with Gasteiger partial charge in [0.05, 0.1) is 11.1 Å². The molecule has 1 aliphatic rings. The van der Waals surface area contributed by atoms with Crippen LogP contribution in [0.3, 0.4) is 0 Å². The van der Waals surface area contributed by atoms with Crippen LogP contribution < -0.4 is 5.32 Å². The van der Waals surface area contributed by atoms with Crippen molar-refractivity contribution < 1.29 is 23.9 Å². The van der Waals surface area contributed by atoms with E-state index in [1.54, 1.807) is 12.1 Å². The quantitative estimate of drug-likeness (QED) is 0.635. The van der Waals surface area contributed by atoms with Gasteiger partial charge >= 0.3 is 5.97 Å². The zero-order chi connectivity index (χ0) is 20.4. The molecule has 144 valence electrons. The number of carbonyl (C=O) groups excluding carboxylic acids is 4. The number of benzene rings is 2. The predicted octanol–water partition coefficient (Wildman–Crippen LogP) is 2.47. The number of rotatable bonds is 5. The maximum atomic E-state index is 12.4. The van der Waals surface area contributed by atoms with Crippen LogP contribution in [0.25, 0.3) is 0 Å². The second kappa shape index (κ2) is 7.64. The summed E-state index contributed by atoms with van der Waals surface area (Å²) in [4.78, 5) is 50.1. The molecule has 7 heteroatoms. The molecule has 1 atom stereocenters. The van der Waals surface area contributed by atoms with E-state index in [1.165, 1.54) is 19.1 Å². The molecule has 0 aliphatic carbocycles. The minimum atomic E-state index is -1.14. The summed E-state index contributed by atoms with van der Waals surface area (Å²) in [6.45, 7) is 4.64. The normalized spacial score (nSPS) is 13.9. The third-order valence-corrected chi connectivity index (χ3v) is 4.57. The lowest BCUT2D eigenvalue weighted by molar-refractivity contribution is -0.150. The first-order chi connectivity index (χ1) is 13.3. The van der Waals surface area contributed by atoms with Crippen LogP contribution in [-0.4, -0.2) is 41.2 Å². The Hall–Kier alpha value is -3.48. The van der Waals surface area contributed by atoms with Crippen LogP contribution in [0, 0.1) is 13.8 Å². The fourth-order valence-electron chi connectivity index (χ4n) is 2.98. The number of aryl methyl sites for hydroxylation is 2. The van der Waals surface area contributed by atoms with Crippen molar-refractivity contribution >= 4 is 29.4 Å². The molecular weight excluding hydrogens is 360 g/mol. The van der Waals surface area contributed by atoms with E-state index in [4.69, 9.17) is 4.74 Å². The molecule has 1 heterocycles. The van der Waals surface area contributed by atoms with Gasteiger partial charge in [-0.25, -0.2) is 4.79 Å². The molecule has 0 spiro atoms. The topological polar surface area (TPSA) is 92.8 Å². The molecule has 0 saturated carbocycles. The number of nitrogens with one attached hydrogen (secondary N) is 1. The number of carbonyl (C=O) groups is 4. The third-order valence-electron chi connectivity index (χ3n) is 4.57. The summed E-state index contributed by atoms with van der Waals surface area (Å²) in [5, 5.41) is 2.68. The van der Waals surface area contributed by atoms with E-state index >= 15 is 0 Å². The second-order valence-electron chi connectivity index (χ2n) is 6.68. The first-order valence-electron chi connectivity index (χ1n) is 8.80. The summed E-state index contributed by atoms with van der Waals surface area (Å²) in [5.41, 5.74) is 3.00. The summed E-state index contributed by atoms with van der Waals surface area (Å²) in [5.74, 6) is -2.43. The van der Waals surface area contributed by atoms with E-state index in [9.17, 15) is 19.2 Å². The average Bonchev–Trinajstić information content (AvgIpc) is 2.93. The van der Waals surface area contributed by atoms with Gasteiger partial charge in [-0.15, -0.1) is 0 Å². The summed E-state index contributed by atoms with van der Waals surface area (Å²) >= 11 is 0. The van der Waals surface area contributed by atoms with E-state index in [-0.39, 0.29) is 11.1 Å². The number of hydrogen-bond acceptors (Lipinski definition) is 5. The van der Waals surface area contributed by atoms with Crippen LogP contribution in [0.15, 0.2) is 42.5 Å². The van der Waals surface area contributed by atoms with E-state index in [2.05, 4.69) is 5.32 Å². The summed E-state index contributed by atoms with van der Waals surface area (Å²) in [6, 6.07) is 10.8. The molecule has 28 heavy (non-hydrogen) atoms. The van der Waals surface area contributed by atoms with Gasteiger partial charge in [0.15, 0.2) is 6.61 Å². The maximum absolute atomic E-state index is 12.4. The van der Waals surface area contributed by atoms with E-state index in [0.717, 1.165) is 16.0 Å². The number of anilines is 1. The lowest BCUT2D eigenvalue weighted by atomic mass is 10.1. The van der Waals surface area contributed by atoms with Crippen LogP contribution >= 0.6 is 0 Å². The minimum Gasteiger partial charge on any atom is -0.454 e. The fourth-order valence-corrected chi connectivity index (χ4v) is 2.98. The van der Waals surface area contributed by atoms with E-state index in [0.29, 0.717) is 5.69 Å². The van der Waals surface area contributed by atoms with Crippen molar-refractivity contribution in [1.29, 1.82) is 0 Å². The van der Waals surface area contributed by atoms with Crippen LogP contribution in [0.2, 0.25) is 0 Å². The molecule has 0 unspecified atom stereocenters. The van der Waals surface area contributed by atoms with Crippen LogP contribution in [0.4, 0.5) is 5.69 Å². The van der Waals surface area contributed by atoms with Gasteiger partial charge < -0.3 is 10.1 Å². The molecule has 2 aromatic rings. The number of amides is 3. The smallest absolute Gasteiger partial charge is 0.329 e. The third kappa shape index (κ3) is 3.64. The molecule has 7 nitrogen and oxygen atoms in total. The maximum Gasteiger partial charge on any atom is 0.329 e. The first kappa shape index (κ1) is 19.3. The SMILES string of the molecule is Cc1ccc(C)c(NC(=O)COC(=O)[C@@H](C)N2C(=O)c3ccccc3C2=O)c1. The largest absolute Gasteiger partial charge is 0.454 e. The van der Waals surface area contributed by atoms with Gasteiger partial charge in [0.25, 0.3) is 17.7 Å². The van der Waals surface area contributed by atoms with E-state index < -0.39 is 36.3 Å². The Kier molecular flexibility index (Phi) is 5.26. The second-order valence-corrected chi connectivity index (χ2v) is 6.68. The van der Waals surface area contributed by atoms with Gasteiger partial charge in [0.2, 0.25) is 0 Å². The van der Waals surface area contributed by atoms with Crippen molar-refractivity contribution in [2.45, 2.75) is 26.8 Å². The number of nitrogens with zero attached hydrogens (tertiary/aromatic N) is 1. The average molecular weight is 380 g/mol. The Morgan fingerprint density at radius 1 is 1.04 bits per heavy atom. The highest BCUT2D eigenvalue weighted by molar-refractivity contribution is 6.22. The van der Waals surface area contributed by atoms with Crippen molar-refractivity contribution in [3.05, 3.63) is 64.7 Å². The number of hydrogen-bond donors (Lipinski definition) is 1. The molecule has 3 rings (SSSR count). The van der Waals surface area contributed by atoms with Gasteiger partial charge in [-0.2, -0.15) is 0 Å². The van der Waals surface area contributed by atoms with Crippen LogP contribution in [-0.2, 0) is 14.3 Å². The standard InChI is InChI=1S/C21H20N2O5/c1-12-8-9-13(2)17(10-12)22-18(24)11-28-21(27)14(3)23-19(25)15-6-4-5-7-16(15)20(23)26/h4-10,14H,11H2,1-3H3,(H,22,24)/t14-/m1/s1. The van der Waals surface area contributed by atoms with Gasteiger partial charge in [-0.3, -0.25) is 19.3 Å². The summed E-state index contributed by atoms with van der Waals surface area (Å²) in [6.07, 6.45) is 0. The number of fused-ring (bicyclic) bond motifs is 1. The monoisotopic (exact) mass is 380 g/mol. The highest BCUT2D eigenvalue weighted by atomic mass is 16.5. The van der Waals surface area contributed by atoms with Crippen molar-refractivity contribution in [1.82, 2.24) is 4.90 Å². The molecule has 0 fully saturated rings. The highest BCUT2D eigenvalue weighted by Crippen LogP contribution is 2.24. The molecule has 0 radical (unpaired) electrons. The van der Waals surface area contributed by atoms with Crippen molar-refractivity contribution in [3.8, 4) is 0 Å². The molecule has 0 bridgehead atoms. The van der Waals surface area contributed by atoms with Crippen molar-refractivity contribution in [3.63, 3.8) is 0 Å². The first-order valence-corrected chi connectivity index (χ1v) is 8.80. The number of esters is 1. The number of ether oxygens (including phenoxy) is 1. The summed E-state index contributed by atoms with van der Waals surface area (Å²) in [7, 11) is 0. The lowest BCUT2D eigenvalue weighted by Gasteiger charge is -2.20. The minimum absolute atomic E-state index is 0.250. The Balaban J connectivity index is 1.61. The number of imide groups is 1. The molecule has 2 aromatic carbocycles. The van der Waals surface area contributed by atoms with Gasteiger partial charge in [-0.1, -0.05) is 24.3 Å². The fraction of sp³-hybridized carbons (Fsp3) is 0.238. The molecule has 0 saturated heterocycles. The van der Waals surface area contributed by atoms with Crippen molar-refractivity contribution in [2.75, 3.05) is 11.9 Å². The van der Waals surface area contributed by atoms with Gasteiger partial charge in [0, 0.05) is 5.69 Å². The molecule has 0 aromatic heterocycles. The molecular formula is C21H20N2O5. The van der Waals surface area contributed by atoms with Crippen LogP contribution in [0.5, 0.6) is 0 Å². The van der Waals surface area contributed by atoms with Gasteiger partial charge in [-0.05, 0) is 50.1 Å². The highest BCUT2D eigenvalue weighted by Gasteiger charge is 2.41. The van der Waals surface area contributed by atoms with E-state index in [1.807, 2.05) is 32.0 Å². The Morgan fingerprint density at radius 2 is 1.64 bits per heavy atom. The van der Waals surface area contributed by atoms with Crippen LogP contribution in [0.1, 0.15) is 38.8 Å². The molecule has 1 N–H and O–H groups in total. The Morgan fingerprint density at radius 3 is 2.25 bits per heavy atom. The summed E-state index contributed by atoms with van der Waals surface area (Å²) < 4.78 is 5.02. The predicted molar refractivity (Wildman–Crippen MR) is 102 cm³/mol. The zero-order valence-electron chi connectivity index (χ0n) is 15.8. The molecule has 1 aliphatic heterocycles. The van der Waals surface area contributed by atoms with Gasteiger partial charge in [0.1, 0.15) is 6.04 Å². The zero-order valence-corrected chi connectivity index (χ0v) is 15.8. The molecule has 3 amide bonds. The van der Waals surface area contributed by atoms with Crippen molar-refractivity contribution in [2.24, 2.45) is 0 Å². The lowest BCUT2D eigenvalue weighted by Crippen LogP contribution is -2.44.